The predicted octanol–water partition coefficient (Wildman–Crippen LogP) is 12.2. The van der Waals surface area contributed by atoms with Crippen LogP contribution in [0, 0.1) is 17.3 Å². The Hall–Kier alpha value is -1.75. The van der Waals surface area contributed by atoms with Crippen LogP contribution < -0.4 is 36.4 Å². The summed E-state index contributed by atoms with van der Waals surface area (Å²) in [6.45, 7) is 51.7. The van der Waals surface area contributed by atoms with E-state index >= 15 is 0 Å². The molecule has 5 heterocycles. The molecule has 0 radical (unpaired) electrons. The fourth-order valence-electron chi connectivity index (χ4n) is 15.1. The highest BCUT2D eigenvalue weighted by atomic mass is 15.4. The molecule has 10 heteroatoms. The molecule has 4 saturated heterocycles. The van der Waals surface area contributed by atoms with Crippen molar-refractivity contribution in [1.29, 1.82) is 0 Å². The third kappa shape index (κ3) is 17.0. The first-order chi connectivity index (χ1) is 29.3. The van der Waals surface area contributed by atoms with Gasteiger partial charge >= 0.3 is 0 Å². The van der Waals surface area contributed by atoms with Gasteiger partial charge in [-0.15, -0.1) is 0 Å². The first-order valence-electron chi connectivity index (χ1n) is 26.6. The van der Waals surface area contributed by atoms with E-state index in [9.17, 15) is 0 Å². The Balaban J connectivity index is 1.54. The van der Waals surface area contributed by atoms with Gasteiger partial charge in [0.15, 0.2) is 0 Å². The highest BCUT2D eigenvalue weighted by Gasteiger charge is 2.44. The van der Waals surface area contributed by atoms with Crippen molar-refractivity contribution in [2.75, 3.05) is 28.2 Å². The van der Waals surface area contributed by atoms with E-state index in [1.807, 2.05) is 0 Å². The molecule has 0 saturated carbocycles. The fourth-order valence-corrected chi connectivity index (χ4v) is 15.1. The molecule has 65 heavy (non-hydrogen) atoms. The largest absolute Gasteiger partial charge is 0.349 e. The van der Waals surface area contributed by atoms with Gasteiger partial charge in [-0.25, -0.2) is 0 Å². The van der Waals surface area contributed by atoms with Crippen molar-refractivity contribution in [1.82, 2.24) is 36.2 Å². The van der Waals surface area contributed by atoms with Gasteiger partial charge in [0.2, 0.25) is 17.8 Å². The average molecular weight is 908 g/mol. The third-order valence-corrected chi connectivity index (χ3v) is 14.8. The number of piperidine rings is 4. The van der Waals surface area contributed by atoms with E-state index in [0.717, 1.165) is 81.8 Å². The predicted molar refractivity (Wildman–Crippen MR) is 281 cm³/mol. The molecule has 10 nitrogen and oxygen atoms in total. The molecule has 0 spiro atoms. The minimum atomic E-state index is -0.214. The Labute approximate surface area is 401 Å². The molecular formula is C55H106N10. The van der Waals surface area contributed by atoms with Gasteiger partial charge in [0.05, 0.1) is 0 Å². The van der Waals surface area contributed by atoms with Crippen molar-refractivity contribution in [2.24, 2.45) is 17.3 Å². The first-order valence-corrected chi connectivity index (χ1v) is 26.6. The third-order valence-electron chi connectivity index (χ3n) is 14.8. The standard InChI is InChI=1S/C55H106N10/c1-46(2,3)38-55(20,21)59-43-56-44(64(41-34-51(12,13)62-52(14,15)35-41)28-24-22-26-39-30-47(4,5)60-48(6,7)31-39)58-45(57-43)65(42-36-53(16,17)63-54(18,19)37-42)29-25-23-27-40-32-49(8,9)61-50(10,11)33-40/h39-42,60-63H,22-38H2,1-21H3,(H,56,57,58,59). The number of unbranched alkanes of at least 4 members (excludes halogenated alkanes) is 2. The Morgan fingerprint density at radius 3 is 1.03 bits per heavy atom. The van der Waals surface area contributed by atoms with Gasteiger partial charge in [-0.05, 0) is 213 Å². The van der Waals surface area contributed by atoms with Crippen molar-refractivity contribution in [3.05, 3.63) is 0 Å². The summed E-state index contributed by atoms with van der Waals surface area (Å²) in [5.74, 6) is 3.88. The van der Waals surface area contributed by atoms with Crippen LogP contribution in [0.15, 0.2) is 0 Å². The van der Waals surface area contributed by atoms with E-state index in [1.54, 1.807) is 0 Å². The van der Waals surface area contributed by atoms with E-state index < -0.39 is 0 Å². The van der Waals surface area contributed by atoms with E-state index in [1.165, 1.54) is 51.4 Å². The molecule has 0 atom stereocenters. The van der Waals surface area contributed by atoms with Crippen LogP contribution in [-0.4, -0.2) is 90.0 Å². The second-order valence-electron chi connectivity index (χ2n) is 29.6. The lowest BCUT2D eigenvalue weighted by molar-refractivity contribution is 0.121. The van der Waals surface area contributed by atoms with E-state index in [4.69, 9.17) is 15.0 Å². The zero-order chi connectivity index (χ0) is 48.9. The SMILES string of the molecule is CC(C)(C)CC(C)(C)Nc1nc(N(CCCCC2CC(C)(C)NC(C)(C)C2)C2CC(C)(C)NC(C)(C)C2)nc(N(CCCCC2CC(C)(C)NC(C)(C)C2)C2CC(C)(C)NC(C)(C)C2)n1. The van der Waals surface area contributed by atoms with Gasteiger partial charge in [0.1, 0.15) is 0 Å². The normalized spacial score (nSPS) is 25.6. The van der Waals surface area contributed by atoms with E-state index in [-0.39, 0.29) is 55.3 Å². The Morgan fingerprint density at radius 2 is 0.738 bits per heavy atom. The molecule has 4 fully saturated rings. The van der Waals surface area contributed by atoms with Gasteiger partial charge in [0, 0.05) is 75.0 Å². The van der Waals surface area contributed by atoms with Crippen molar-refractivity contribution in [3.8, 4) is 0 Å². The molecule has 0 aromatic carbocycles. The van der Waals surface area contributed by atoms with E-state index in [0.29, 0.717) is 18.0 Å². The number of hydrogen-bond acceptors (Lipinski definition) is 10. The Kier molecular flexibility index (Phi) is 16.0. The molecule has 0 aliphatic carbocycles. The van der Waals surface area contributed by atoms with Gasteiger partial charge in [0.25, 0.3) is 0 Å². The molecule has 0 bridgehead atoms. The number of rotatable bonds is 17. The zero-order valence-corrected chi connectivity index (χ0v) is 46.6. The van der Waals surface area contributed by atoms with Gasteiger partial charge in [-0.2, -0.15) is 15.0 Å². The second kappa shape index (κ2) is 19.2. The maximum absolute atomic E-state index is 5.73. The lowest BCUT2D eigenvalue weighted by atomic mass is 9.74. The number of nitrogens with one attached hydrogen (secondary N) is 5. The van der Waals surface area contributed by atoms with Crippen molar-refractivity contribution < 1.29 is 0 Å². The van der Waals surface area contributed by atoms with Crippen molar-refractivity contribution in [3.63, 3.8) is 0 Å². The quantitative estimate of drug-likeness (QED) is 0.0971. The highest BCUT2D eigenvalue weighted by molar-refractivity contribution is 5.48. The lowest BCUT2D eigenvalue weighted by Crippen LogP contribution is -2.63. The summed E-state index contributed by atoms with van der Waals surface area (Å²) in [4.78, 5) is 22.0. The van der Waals surface area contributed by atoms with Crippen LogP contribution in [0.2, 0.25) is 0 Å². The van der Waals surface area contributed by atoms with Crippen molar-refractivity contribution >= 4 is 17.8 Å². The van der Waals surface area contributed by atoms with E-state index in [2.05, 4.69) is 182 Å². The Bertz CT molecular complexity index is 1540. The summed E-state index contributed by atoms with van der Waals surface area (Å²) < 4.78 is 0. The second-order valence-corrected chi connectivity index (χ2v) is 29.6. The van der Waals surface area contributed by atoms with Gasteiger partial charge in [-0.3, -0.25) is 0 Å². The first kappa shape index (κ1) is 54.2. The monoisotopic (exact) mass is 907 g/mol. The summed E-state index contributed by atoms with van der Waals surface area (Å²) in [6.07, 6.45) is 17.3. The molecule has 4 aliphatic heterocycles. The van der Waals surface area contributed by atoms with Crippen LogP contribution in [0.25, 0.3) is 0 Å². The van der Waals surface area contributed by atoms with Gasteiger partial charge < -0.3 is 36.4 Å². The van der Waals surface area contributed by atoms with Crippen LogP contribution in [0.4, 0.5) is 17.8 Å². The summed E-state index contributed by atoms with van der Waals surface area (Å²) in [7, 11) is 0. The maximum atomic E-state index is 5.73. The highest BCUT2D eigenvalue weighted by Crippen LogP contribution is 2.40. The summed E-state index contributed by atoms with van der Waals surface area (Å²) in [5, 5.41) is 19.7. The summed E-state index contributed by atoms with van der Waals surface area (Å²) in [5.41, 5.74) is 0.546. The lowest BCUT2D eigenvalue weighted by Gasteiger charge is -2.50. The summed E-state index contributed by atoms with van der Waals surface area (Å²) in [6, 6.07) is 0.597. The molecule has 1 aromatic rings. The fraction of sp³-hybridized carbons (Fsp3) is 0.945. The van der Waals surface area contributed by atoms with Crippen LogP contribution in [-0.2, 0) is 0 Å². The Morgan fingerprint density at radius 1 is 0.446 bits per heavy atom. The molecule has 5 rings (SSSR count). The molecule has 1 aromatic heterocycles. The van der Waals surface area contributed by atoms with Crippen LogP contribution >= 0.6 is 0 Å². The maximum Gasteiger partial charge on any atom is 0.232 e. The zero-order valence-electron chi connectivity index (χ0n) is 46.6. The number of aromatic nitrogens is 3. The summed E-state index contributed by atoms with van der Waals surface area (Å²) >= 11 is 0. The average Bonchev–Trinajstić information content (AvgIpc) is 3.01. The topological polar surface area (TPSA) is 105 Å². The number of nitrogens with zero attached hydrogens (tertiary/aromatic N) is 5. The molecular weight excluding hydrogens is 801 g/mol. The molecule has 0 unspecified atom stereocenters. The minimum Gasteiger partial charge on any atom is -0.349 e. The molecule has 4 aliphatic rings. The van der Waals surface area contributed by atoms with Crippen LogP contribution in [0.3, 0.4) is 0 Å². The molecule has 376 valence electrons. The van der Waals surface area contributed by atoms with Gasteiger partial charge in [-0.1, -0.05) is 46.5 Å². The smallest absolute Gasteiger partial charge is 0.232 e. The van der Waals surface area contributed by atoms with Crippen molar-refractivity contribution in [2.45, 2.75) is 304 Å². The molecule has 5 N–H and O–H groups in total. The number of anilines is 3. The van der Waals surface area contributed by atoms with Crippen LogP contribution in [0.1, 0.15) is 242 Å². The van der Waals surface area contributed by atoms with Crippen LogP contribution in [0.5, 0.6) is 0 Å². The minimum absolute atomic E-state index is 0.0142. The number of hydrogen-bond donors (Lipinski definition) is 5. The molecule has 0 amide bonds.